The molecule has 0 radical (unpaired) electrons. The van der Waals surface area contributed by atoms with Crippen molar-refractivity contribution < 1.29 is 9.90 Å². The molecule has 0 saturated carbocycles. The molecule has 0 heterocycles. The summed E-state index contributed by atoms with van der Waals surface area (Å²) in [5.41, 5.74) is 2.43. The number of benzene rings is 1. The van der Waals surface area contributed by atoms with Gasteiger partial charge in [0.25, 0.3) is 0 Å². The van der Waals surface area contributed by atoms with Gasteiger partial charge in [-0.15, -0.1) is 0 Å². The van der Waals surface area contributed by atoms with Crippen LogP contribution < -0.4 is 0 Å². The quantitative estimate of drug-likeness (QED) is 0.825. The highest BCUT2D eigenvalue weighted by atomic mass is 16.4. The van der Waals surface area contributed by atoms with Crippen LogP contribution in [0.15, 0.2) is 24.3 Å². The zero-order valence-electron chi connectivity index (χ0n) is 10.2. The van der Waals surface area contributed by atoms with Crippen molar-refractivity contribution in [2.45, 2.75) is 39.5 Å². The predicted molar refractivity (Wildman–Crippen MR) is 65.7 cm³/mol. The minimum absolute atomic E-state index is 0.114. The molecule has 0 spiro atoms. The standard InChI is InChI=1S/C14H20O2/c1-4-11-6-8-12(9-7-11)13(5-2)10(3)14(15)16/h6-10,13H,4-5H2,1-3H3,(H,15,16). The molecular formula is C14H20O2. The molecular weight excluding hydrogens is 200 g/mol. The van der Waals surface area contributed by atoms with Crippen molar-refractivity contribution in [1.29, 1.82) is 0 Å². The number of hydrogen-bond donors (Lipinski definition) is 1. The summed E-state index contributed by atoms with van der Waals surface area (Å²) in [7, 11) is 0. The van der Waals surface area contributed by atoms with E-state index in [1.54, 1.807) is 6.92 Å². The van der Waals surface area contributed by atoms with E-state index in [-0.39, 0.29) is 11.8 Å². The molecule has 1 rings (SSSR count). The van der Waals surface area contributed by atoms with Crippen LogP contribution in [0.4, 0.5) is 0 Å². The molecule has 0 aliphatic carbocycles. The average Bonchev–Trinajstić information content (AvgIpc) is 2.30. The van der Waals surface area contributed by atoms with Crippen LogP contribution in [0.25, 0.3) is 0 Å². The van der Waals surface area contributed by atoms with Gasteiger partial charge in [-0.2, -0.15) is 0 Å². The average molecular weight is 220 g/mol. The maximum Gasteiger partial charge on any atom is 0.306 e. The van der Waals surface area contributed by atoms with Gasteiger partial charge in [-0.1, -0.05) is 45.0 Å². The Balaban J connectivity index is 2.90. The Morgan fingerprint density at radius 3 is 2.19 bits per heavy atom. The van der Waals surface area contributed by atoms with E-state index in [1.807, 2.05) is 6.92 Å². The smallest absolute Gasteiger partial charge is 0.306 e. The number of aryl methyl sites for hydroxylation is 1. The van der Waals surface area contributed by atoms with E-state index in [9.17, 15) is 4.79 Å². The fourth-order valence-electron chi connectivity index (χ4n) is 2.05. The summed E-state index contributed by atoms with van der Waals surface area (Å²) in [6.45, 7) is 5.94. The molecule has 0 aliphatic rings. The Hall–Kier alpha value is -1.31. The molecule has 0 bridgehead atoms. The van der Waals surface area contributed by atoms with Crippen LogP contribution in [0.5, 0.6) is 0 Å². The lowest BCUT2D eigenvalue weighted by molar-refractivity contribution is -0.141. The van der Waals surface area contributed by atoms with Gasteiger partial charge in [-0.05, 0) is 29.9 Å². The molecule has 88 valence electrons. The summed E-state index contributed by atoms with van der Waals surface area (Å²) in [6.07, 6.45) is 1.88. The third-order valence-electron chi connectivity index (χ3n) is 3.25. The van der Waals surface area contributed by atoms with E-state index >= 15 is 0 Å². The molecule has 1 aromatic rings. The minimum Gasteiger partial charge on any atom is -0.481 e. The van der Waals surface area contributed by atoms with E-state index in [4.69, 9.17) is 5.11 Å². The Kier molecular flexibility index (Phi) is 4.53. The van der Waals surface area contributed by atoms with Gasteiger partial charge in [0, 0.05) is 0 Å². The predicted octanol–water partition coefficient (Wildman–Crippen LogP) is 3.46. The second kappa shape index (κ2) is 5.69. The van der Waals surface area contributed by atoms with E-state index in [0.29, 0.717) is 0 Å². The van der Waals surface area contributed by atoms with Crippen LogP contribution in [0.1, 0.15) is 44.2 Å². The van der Waals surface area contributed by atoms with Crippen LogP contribution in [-0.4, -0.2) is 11.1 Å². The zero-order chi connectivity index (χ0) is 12.1. The molecule has 0 saturated heterocycles. The molecule has 2 unspecified atom stereocenters. The first-order valence-electron chi connectivity index (χ1n) is 5.91. The Morgan fingerprint density at radius 1 is 1.25 bits per heavy atom. The Bertz CT molecular complexity index is 340. The van der Waals surface area contributed by atoms with Crippen LogP contribution in [0.2, 0.25) is 0 Å². The van der Waals surface area contributed by atoms with Crippen molar-refractivity contribution in [3.63, 3.8) is 0 Å². The van der Waals surface area contributed by atoms with Gasteiger partial charge in [0.1, 0.15) is 0 Å². The molecule has 1 aromatic carbocycles. The van der Waals surface area contributed by atoms with Crippen LogP contribution in [0, 0.1) is 5.92 Å². The maximum absolute atomic E-state index is 11.0. The van der Waals surface area contributed by atoms with Gasteiger partial charge in [0.2, 0.25) is 0 Å². The first-order chi connectivity index (χ1) is 7.60. The molecule has 2 atom stereocenters. The number of carboxylic acids is 1. The first-order valence-corrected chi connectivity index (χ1v) is 5.91. The van der Waals surface area contributed by atoms with Gasteiger partial charge in [0.15, 0.2) is 0 Å². The van der Waals surface area contributed by atoms with E-state index < -0.39 is 5.97 Å². The van der Waals surface area contributed by atoms with Gasteiger partial charge >= 0.3 is 5.97 Å². The zero-order valence-corrected chi connectivity index (χ0v) is 10.2. The lowest BCUT2D eigenvalue weighted by Gasteiger charge is -2.19. The molecule has 16 heavy (non-hydrogen) atoms. The second-order valence-electron chi connectivity index (χ2n) is 4.24. The Labute approximate surface area is 97.3 Å². The molecule has 0 aromatic heterocycles. The monoisotopic (exact) mass is 220 g/mol. The number of carboxylic acid groups (broad SMARTS) is 1. The summed E-state index contributed by atoms with van der Waals surface area (Å²) in [5.74, 6) is -0.924. The van der Waals surface area contributed by atoms with E-state index in [0.717, 1.165) is 18.4 Å². The topological polar surface area (TPSA) is 37.3 Å². The minimum atomic E-state index is -0.716. The van der Waals surface area contributed by atoms with Crippen LogP contribution in [-0.2, 0) is 11.2 Å². The molecule has 0 fully saturated rings. The fraction of sp³-hybridized carbons (Fsp3) is 0.500. The summed E-state index contributed by atoms with van der Waals surface area (Å²) in [4.78, 5) is 11.0. The second-order valence-corrected chi connectivity index (χ2v) is 4.24. The molecule has 0 aliphatic heterocycles. The van der Waals surface area contributed by atoms with Gasteiger partial charge in [-0.3, -0.25) is 4.79 Å². The third kappa shape index (κ3) is 2.84. The number of carbonyl (C=O) groups is 1. The normalized spacial score (nSPS) is 14.4. The van der Waals surface area contributed by atoms with Crippen molar-refractivity contribution in [2.75, 3.05) is 0 Å². The van der Waals surface area contributed by atoms with Crippen molar-refractivity contribution in [3.8, 4) is 0 Å². The van der Waals surface area contributed by atoms with Crippen molar-refractivity contribution in [2.24, 2.45) is 5.92 Å². The molecule has 2 nitrogen and oxygen atoms in total. The van der Waals surface area contributed by atoms with Crippen molar-refractivity contribution >= 4 is 5.97 Å². The number of hydrogen-bond acceptors (Lipinski definition) is 1. The SMILES string of the molecule is CCc1ccc(C(CC)C(C)C(=O)O)cc1. The summed E-state index contributed by atoms with van der Waals surface area (Å²) in [5, 5.41) is 9.05. The van der Waals surface area contributed by atoms with E-state index in [2.05, 4.69) is 31.2 Å². The fourth-order valence-corrected chi connectivity index (χ4v) is 2.05. The molecule has 1 N–H and O–H groups in total. The summed E-state index contributed by atoms with van der Waals surface area (Å²) in [6, 6.07) is 8.30. The van der Waals surface area contributed by atoms with E-state index in [1.165, 1.54) is 5.56 Å². The molecule has 0 amide bonds. The highest BCUT2D eigenvalue weighted by Gasteiger charge is 2.23. The lowest BCUT2D eigenvalue weighted by atomic mass is 9.85. The number of rotatable bonds is 5. The highest BCUT2D eigenvalue weighted by Crippen LogP contribution is 2.28. The number of aliphatic carboxylic acids is 1. The van der Waals surface area contributed by atoms with Crippen molar-refractivity contribution in [3.05, 3.63) is 35.4 Å². The first kappa shape index (κ1) is 12.8. The Morgan fingerprint density at radius 2 is 1.81 bits per heavy atom. The van der Waals surface area contributed by atoms with Gasteiger partial charge < -0.3 is 5.11 Å². The largest absolute Gasteiger partial charge is 0.481 e. The van der Waals surface area contributed by atoms with Gasteiger partial charge in [-0.25, -0.2) is 0 Å². The summed E-state index contributed by atoms with van der Waals surface area (Å²) >= 11 is 0. The van der Waals surface area contributed by atoms with Crippen LogP contribution in [0.3, 0.4) is 0 Å². The van der Waals surface area contributed by atoms with Crippen LogP contribution >= 0.6 is 0 Å². The maximum atomic E-state index is 11.0. The van der Waals surface area contributed by atoms with Gasteiger partial charge in [0.05, 0.1) is 5.92 Å². The third-order valence-corrected chi connectivity index (χ3v) is 3.25. The van der Waals surface area contributed by atoms with Crippen molar-refractivity contribution in [1.82, 2.24) is 0 Å². The lowest BCUT2D eigenvalue weighted by Crippen LogP contribution is -2.18. The molecule has 2 heteroatoms. The highest BCUT2D eigenvalue weighted by molar-refractivity contribution is 5.70. The summed E-state index contributed by atoms with van der Waals surface area (Å²) < 4.78 is 0.